The van der Waals surface area contributed by atoms with E-state index >= 15 is 0 Å². The zero-order valence-corrected chi connectivity index (χ0v) is 10.1. The second-order valence-electron chi connectivity index (χ2n) is 4.90. The molecule has 90 valence electrons. The van der Waals surface area contributed by atoms with E-state index in [2.05, 4.69) is 26.8 Å². The first kappa shape index (κ1) is 10.6. The Balaban J connectivity index is 1.81. The average Bonchev–Trinajstić information content (AvgIpc) is 2.69. The molecule has 1 fully saturated rings. The molecule has 0 aromatic carbocycles. The van der Waals surface area contributed by atoms with E-state index < -0.39 is 0 Å². The van der Waals surface area contributed by atoms with Crippen molar-refractivity contribution in [1.29, 1.82) is 0 Å². The lowest BCUT2D eigenvalue weighted by Gasteiger charge is -2.18. The molecule has 17 heavy (non-hydrogen) atoms. The number of nitrogens with one attached hydrogen (secondary N) is 1. The van der Waals surface area contributed by atoms with Gasteiger partial charge < -0.3 is 5.32 Å². The number of fused-ring (bicyclic) bond motifs is 1. The molecule has 2 heterocycles. The van der Waals surface area contributed by atoms with Crippen LogP contribution in [0.25, 0.3) is 5.65 Å². The Bertz CT molecular complexity index is 481. The minimum absolute atomic E-state index is 0.630. The van der Waals surface area contributed by atoms with Gasteiger partial charge in [0.2, 0.25) is 0 Å². The van der Waals surface area contributed by atoms with Crippen molar-refractivity contribution in [1.82, 2.24) is 9.38 Å². The molecule has 0 saturated heterocycles. The van der Waals surface area contributed by atoms with Gasteiger partial charge in [0.25, 0.3) is 0 Å². The third-order valence-electron chi connectivity index (χ3n) is 3.64. The number of pyridine rings is 1. The van der Waals surface area contributed by atoms with E-state index in [1.807, 2.05) is 18.5 Å². The summed E-state index contributed by atoms with van der Waals surface area (Å²) >= 11 is 0. The van der Waals surface area contributed by atoms with E-state index in [0.29, 0.717) is 6.04 Å². The maximum absolute atomic E-state index is 4.31. The maximum Gasteiger partial charge on any atom is 0.138 e. The minimum atomic E-state index is 0.630. The van der Waals surface area contributed by atoms with Crippen LogP contribution >= 0.6 is 0 Å². The molecule has 0 amide bonds. The minimum Gasteiger partial charge on any atom is -0.368 e. The third-order valence-corrected chi connectivity index (χ3v) is 3.64. The number of hydrogen-bond donors (Lipinski definition) is 1. The summed E-state index contributed by atoms with van der Waals surface area (Å²) in [4.78, 5) is 4.31. The number of anilines is 1. The molecule has 2 aromatic heterocycles. The highest BCUT2D eigenvalue weighted by Gasteiger charge is 2.12. The fraction of sp³-hybridized carbons (Fsp3) is 0.500. The Kier molecular flexibility index (Phi) is 2.99. The summed E-state index contributed by atoms with van der Waals surface area (Å²) in [6, 6.07) is 6.88. The van der Waals surface area contributed by atoms with Crippen LogP contribution in [0.15, 0.2) is 30.6 Å². The lowest BCUT2D eigenvalue weighted by atomic mass is 10.1. The van der Waals surface area contributed by atoms with Gasteiger partial charge in [-0.2, -0.15) is 0 Å². The monoisotopic (exact) mass is 229 g/mol. The van der Waals surface area contributed by atoms with Crippen molar-refractivity contribution in [2.45, 2.75) is 44.6 Å². The number of aromatic nitrogens is 2. The maximum atomic E-state index is 4.31. The number of imidazole rings is 1. The molecule has 0 spiro atoms. The zero-order chi connectivity index (χ0) is 11.5. The quantitative estimate of drug-likeness (QED) is 0.799. The number of nitrogens with zero attached hydrogens (tertiary/aromatic N) is 2. The van der Waals surface area contributed by atoms with Crippen molar-refractivity contribution < 1.29 is 0 Å². The Morgan fingerprint density at radius 2 is 1.94 bits per heavy atom. The van der Waals surface area contributed by atoms with Gasteiger partial charge in [0.15, 0.2) is 0 Å². The van der Waals surface area contributed by atoms with Crippen molar-refractivity contribution in [3.8, 4) is 0 Å². The standard InChI is InChI=1S/C14H19N3/c1-2-4-7-12(6-3-1)16-14-9-5-8-13-15-10-11-17(13)14/h5,8-12,16H,1-4,6-7H2. The van der Waals surface area contributed by atoms with Gasteiger partial charge in [-0.15, -0.1) is 0 Å². The second kappa shape index (κ2) is 4.78. The van der Waals surface area contributed by atoms with E-state index in [9.17, 15) is 0 Å². The van der Waals surface area contributed by atoms with E-state index in [4.69, 9.17) is 0 Å². The lowest BCUT2D eigenvalue weighted by molar-refractivity contribution is 0.617. The second-order valence-corrected chi connectivity index (χ2v) is 4.90. The summed E-state index contributed by atoms with van der Waals surface area (Å²) in [7, 11) is 0. The summed E-state index contributed by atoms with van der Waals surface area (Å²) in [6.07, 6.45) is 12.0. The van der Waals surface area contributed by atoms with Gasteiger partial charge in [-0.25, -0.2) is 4.98 Å². The molecule has 0 atom stereocenters. The highest BCUT2D eigenvalue weighted by Crippen LogP contribution is 2.21. The first-order chi connectivity index (χ1) is 8.43. The first-order valence-electron chi connectivity index (χ1n) is 6.62. The van der Waals surface area contributed by atoms with Gasteiger partial charge in [0.05, 0.1) is 0 Å². The van der Waals surface area contributed by atoms with Crippen LogP contribution in [-0.4, -0.2) is 15.4 Å². The Labute approximate surface area is 102 Å². The van der Waals surface area contributed by atoms with Crippen LogP contribution in [0.5, 0.6) is 0 Å². The first-order valence-corrected chi connectivity index (χ1v) is 6.62. The molecule has 1 N–H and O–H groups in total. The Morgan fingerprint density at radius 1 is 1.12 bits per heavy atom. The van der Waals surface area contributed by atoms with Crippen LogP contribution in [0.1, 0.15) is 38.5 Å². The smallest absolute Gasteiger partial charge is 0.138 e. The molecule has 0 bridgehead atoms. The predicted octanol–water partition coefficient (Wildman–Crippen LogP) is 3.47. The molecule has 1 aliphatic carbocycles. The third kappa shape index (κ3) is 2.28. The van der Waals surface area contributed by atoms with Gasteiger partial charge in [0.1, 0.15) is 11.5 Å². The highest BCUT2D eigenvalue weighted by atomic mass is 15.1. The molecule has 0 aliphatic heterocycles. The van der Waals surface area contributed by atoms with Crippen molar-refractivity contribution in [3.63, 3.8) is 0 Å². The van der Waals surface area contributed by atoms with Crippen LogP contribution in [-0.2, 0) is 0 Å². The summed E-state index contributed by atoms with van der Waals surface area (Å²) in [5.41, 5.74) is 1.02. The summed E-state index contributed by atoms with van der Waals surface area (Å²) in [5, 5.41) is 3.67. The zero-order valence-electron chi connectivity index (χ0n) is 10.1. The van der Waals surface area contributed by atoms with E-state index in [1.165, 1.54) is 44.3 Å². The molecule has 1 saturated carbocycles. The molecule has 1 aliphatic rings. The lowest BCUT2D eigenvalue weighted by Crippen LogP contribution is -2.19. The van der Waals surface area contributed by atoms with Crippen LogP contribution in [0.3, 0.4) is 0 Å². The fourth-order valence-electron chi connectivity index (χ4n) is 2.70. The summed E-state index contributed by atoms with van der Waals surface area (Å²) in [5.74, 6) is 1.17. The Morgan fingerprint density at radius 3 is 2.76 bits per heavy atom. The molecule has 3 nitrogen and oxygen atoms in total. The van der Waals surface area contributed by atoms with Gasteiger partial charge in [-0.3, -0.25) is 4.40 Å². The molecular weight excluding hydrogens is 210 g/mol. The molecule has 3 heteroatoms. The molecule has 2 aromatic rings. The summed E-state index contributed by atoms with van der Waals surface area (Å²) in [6.45, 7) is 0. The normalized spacial score (nSPS) is 18.1. The highest BCUT2D eigenvalue weighted by molar-refractivity contribution is 5.50. The van der Waals surface area contributed by atoms with Crippen LogP contribution in [0, 0.1) is 0 Å². The van der Waals surface area contributed by atoms with E-state index in [1.54, 1.807) is 0 Å². The van der Waals surface area contributed by atoms with E-state index in [-0.39, 0.29) is 0 Å². The summed E-state index contributed by atoms with van der Waals surface area (Å²) < 4.78 is 2.13. The van der Waals surface area contributed by atoms with Crippen molar-refractivity contribution >= 4 is 11.5 Å². The van der Waals surface area contributed by atoms with Crippen LogP contribution in [0.2, 0.25) is 0 Å². The van der Waals surface area contributed by atoms with Gasteiger partial charge >= 0.3 is 0 Å². The SMILES string of the molecule is c1cc(NC2CCCCCC2)n2ccnc2c1. The topological polar surface area (TPSA) is 29.3 Å². The largest absolute Gasteiger partial charge is 0.368 e. The van der Waals surface area contributed by atoms with Gasteiger partial charge in [-0.1, -0.05) is 31.7 Å². The predicted molar refractivity (Wildman–Crippen MR) is 70.3 cm³/mol. The molecular formula is C14H19N3. The van der Waals surface area contributed by atoms with Crippen molar-refractivity contribution in [3.05, 3.63) is 30.6 Å². The van der Waals surface area contributed by atoms with E-state index in [0.717, 1.165) is 5.65 Å². The molecule has 0 unspecified atom stereocenters. The van der Waals surface area contributed by atoms with Crippen LogP contribution in [0.4, 0.5) is 5.82 Å². The molecule has 0 radical (unpaired) electrons. The number of hydrogen-bond acceptors (Lipinski definition) is 2. The van der Waals surface area contributed by atoms with Crippen LogP contribution < -0.4 is 5.32 Å². The molecule has 3 rings (SSSR count). The van der Waals surface area contributed by atoms with Crippen molar-refractivity contribution in [2.24, 2.45) is 0 Å². The fourth-order valence-corrected chi connectivity index (χ4v) is 2.70. The van der Waals surface area contributed by atoms with Crippen molar-refractivity contribution in [2.75, 3.05) is 5.32 Å². The van der Waals surface area contributed by atoms with Gasteiger partial charge in [-0.05, 0) is 25.0 Å². The number of rotatable bonds is 2. The Hall–Kier alpha value is -1.51. The van der Waals surface area contributed by atoms with Gasteiger partial charge in [0, 0.05) is 18.4 Å². The average molecular weight is 229 g/mol.